The highest BCUT2D eigenvalue weighted by atomic mass is 127. The monoisotopic (exact) mass is 400 g/mol. The molecule has 0 spiro atoms. The average Bonchev–Trinajstić information content (AvgIpc) is 2.52. The number of rotatable bonds is 7. The fraction of sp³-hybridized carbons (Fsp3) is 0.353. The third-order valence-corrected chi connectivity index (χ3v) is 4.25. The summed E-state index contributed by atoms with van der Waals surface area (Å²) >= 11 is 2.14. The lowest BCUT2D eigenvalue weighted by Crippen LogP contribution is -2.29. The van der Waals surface area contributed by atoms with Crippen LogP contribution >= 0.6 is 22.6 Å². The first-order chi connectivity index (χ1) is 10.0. The van der Waals surface area contributed by atoms with Crippen molar-refractivity contribution in [2.75, 3.05) is 7.11 Å². The Morgan fingerprint density at radius 2 is 1.95 bits per heavy atom. The zero-order valence-electron chi connectivity index (χ0n) is 12.6. The van der Waals surface area contributed by atoms with Gasteiger partial charge in [0.25, 0.3) is 0 Å². The summed E-state index contributed by atoms with van der Waals surface area (Å²) in [5.41, 5.74) is 1.77. The lowest BCUT2D eigenvalue weighted by Gasteiger charge is -2.25. The van der Waals surface area contributed by atoms with Crippen molar-refractivity contribution < 1.29 is 14.3 Å². The highest BCUT2D eigenvalue weighted by Gasteiger charge is 2.27. The molecule has 0 aliphatic heterocycles. The molecule has 1 rings (SSSR count). The predicted octanol–water partition coefficient (Wildman–Crippen LogP) is 4.45. The van der Waals surface area contributed by atoms with Gasteiger partial charge in [0.15, 0.2) is 6.10 Å². The molecule has 0 saturated carbocycles. The van der Waals surface area contributed by atoms with E-state index in [1.807, 2.05) is 48.3 Å². The highest BCUT2D eigenvalue weighted by molar-refractivity contribution is 14.1. The van der Waals surface area contributed by atoms with E-state index in [0.29, 0.717) is 0 Å². The van der Waals surface area contributed by atoms with Gasteiger partial charge in [0, 0.05) is 13.0 Å². The molecule has 0 fully saturated rings. The van der Waals surface area contributed by atoms with E-state index >= 15 is 0 Å². The van der Waals surface area contributed by atoms with Crippen LogP contribution in [0.25, 0.3) is 0 Å². The van der Waals surface area contributed by atoms with Crippen molar-refractivity contribution in [1.82, 2.24) is 0 Å². The van der Waals surface area contributed by atoms with Crippen LogP contribution in [0, 0.1) is 5.92 Å². The van der Waals surface area contributed by atoms with Crippen LogP contribution in [0.1, 0.15) is 25.5 Å². The van der Waals surface area contributed by atoms with E-state index in [2.05, 4.69) is 29.2 Å². The van der Waals surface area contributed by atoms with Gasteiger partial charge >= 0.3 is 5.97 Å². The van der Waals surface area contributed by atoms with Gasteiger partial charge in [-0.1, -0.05) is 65.9 Å². The second-order valence-electron chi connectivity index (χ2n) is 4.83. The quantitative estimate of drug-likeness (QED) is 0.386. The second-order valence-corrected chi connectivity index (χ2v) is 5.45. The summed E-state index contributed by atoms with van der Waals surface area (Å²) in [7, 11) is 1.51. The number of hydrogen-bond acceptors (Lipinski definition) is 3. The van der Waals surface area contributed by atoms with E-state index in [0.717, 1.165) is 11.1 Å². The van der Waals surface area contributed by atoms with E-state index in [1.165, 1.54) is 7.11 Å². The number of methoxy groups -OCH3 is 1. The minimum absolute atomic E-state index is 0.0354. The van der Waals surface area contributed by atoms with Gasteiger partial charge < -0.3 is 9.47 Å². The molecule has 114 valence electrons. The normalized spacial score (nSPS) is 15.9. The van der Waals surface area contributed by atoms with Crippen molar-refractivity contribution in [2.24, 2.45) is 5.92 Å². The maximum atomic E-state index is 12.4. The third kappa shape index (κ3) is 4.97. The summed E-state index contributed by atoms with van der Waals surface area (Å²) in [6, 6.07) is 9.33. The fourth-order valence-corrected chi connectivity index (χ4v) is 2.34. The SMILES string of the molecule is C=C[C@@H](C)[C@@H](OC(=O)[C@H](OC)c1ccccc1)/C(C)=C/I. The summed E-state index contributed by atoms with van der Waals surface area (Å²) in [6.07, 6.45) is 0.743. The van der Waals surface area contributed by atoms with E-state index < -0.39 is 6.10 Å². The number of hydrogen-bond donors (Lipinski definition) is 0. The molecule has 0 aromatic heterocycles. The number of carbonyl (C=O) groups is 1. The summed E-state index contributed by atoms with van der Waals surface area (Å²) < 4.78 is 12.9. The zero-order valence-corrected chi connectivity index (χ0v) is 14.7. The molecule has 0 aliphatic carbocycles. The number of ether oxygens (including phenoxy) is 2. The molecule has 0 N–H and O–H groups in total. The fourth-order valence-electron chi connectivity index (χ4n) is 1.98. The Morgan fingerprint density at radius 3 is 2.43 bits per heavy atom. The molecule has 1 aromatic carbocycles. The van der Waals surface area contributed by atoms with E-state index in [1.54, 1.807) is 6.08 Å². The van der Waals surface area contributed by atoms with Gasteiger partial charge in [-0.05, 0) is 22.1 Å². The Morgan fingerprint density at radius 1 is 1.33 bits per heavy atom. The molecule has 1 aromatic rings. The lowest BCUT2D eigenvalue weighted by atomic mass is 9.99. The molecular weight excluding hydrogens is 379 g/mol. The Balaban J connectivity index is 2.92. The van der Waals surface area contributed by atoms with Crippen LogP contribution in [-0.4, -0.2) is 19.2 Å². The molecule has 0 amide bonds. The Kier molecular flexibility index (Phi) is 7.67. The topological polar surface area (TPSA) is 35.5 Å². The molecule has 21 heavy (non-hydrogen) atoms. The molecule has 0 aliphatic rings. The molecule has 0 radical (unpaired) electrons. The molecule has 0 bridgehead atoms. The van der Waals surface area contributed by atoms with Crippen LogP contribution in [-0.2, 0) is 14.3 Å². The van der Waals surface area contributed by atoms with Crippen LogP contribution in [0.2, 0.25) is 0 Å². The summed E-state index contributed by atoms with van der Waals surface area (Å²) in [5, 5.41) is 0. The number of carbonyl (C=O) groups excluding carboxylic acids is 1. The van der Waals surface area contributed by atoms with Gasteiger partial charge in [0.2, 0.25) is 0 Å². The van der Waals surface area contributed by atoms with Crippen molar-refractivity contribution >= 4 is 28.6 Å². The molecule has 0 unspecified atom stereocenters. The molecule has 3 nitrogen and oxygen atoms in total. The molecular formula is C17H21IO3. The van der Waals surface area contributed by atoms with Crippen molar-refractivity contribution in [2.45, 2.75) is 26.1 Å². The third-order valence-electron chi connectivity index (χ3n) is 3.27. The van der Waals surface area contributed by atoms with Crippen LogP contribution < -0.4 is 0 Å². The van der Waals surface area contributed by atoms with Gasteiger partial charge in [-0.15, -0.1) is 6.58 Å². The van der Waals surface area contributed by atoms with Crippen molar-refractivity contribution in [3.8, 4) is 0 Å². The lowest BCUT2D eigenvalue weighted by molar-refractivity contribution is -0.161. The maximum Gasteiger partial charge on any atom is 0.340 e. The summed E-state index contributed by atoms with van der Waals surface area (Å²) in [4.78, 5) is 12.4. The largest absolute Gasteiger partial charge is 0.455 e. The van der Waals surface area contributed by atoms with Crippen LogP contribution in [0.3, 0.4) is 0 Å². The van der Waals surface area contributed by atoms with Gasteiger partial charge in [0.1, 0.15) is 6.10 Å². The predicted molar refractivity (Wildman–Crippen MR) is 93.2 cm³/mol. The highest BCUT2D eigenvalue weighted by Crippen LogP contribution is 2.24. The van der Waals surface area contributed by atoms with Gasteiger partial charge in [0.05, 0.1) is 0 Å². The Bertz CT molecular complexity index is 496. The first-order valence-electron chi connectivity index (χ1n) is 6.72. The van der Waals surface area contributed by atoms with Crippen molar-refractivity contribution in [3.63, 3.8) is 0 Å². The number of esters is 1. The maximum absolute atomic E-state index is 12.4. The molecule has 3 atom stereocenters. The Hall–Kier alpha value is -1.14. The van der Waals surface area contributed by atoms with E-state index in [9.17, 15) is 4.79 Å². The summed E-state index contributed by atoms with van der Waals surface area (Å²) in [5.74, 6) is -0.353. The van der Waals surface area contributed by atoms with Gasteiger partial charge in [-0.2, -0.15) is 0 Å². The van der Waals surface area contributed by atoms with Crippen LogP contribution in [0.4, 0.5) is 0 Å². The number of halogens is 1. The van der Waals surface area contributed by atoms with Gasteiger partial charge in [-0.25, -0.2) is 4.79 Å². The first-order valence-corrected chi connectivity index (χ1v) is 7.97. The van der Waals surface area contributed by atoms with Gasteiger partial charge in [-0.3, -0.25) is 0 Å². The Labute approximate surface area is 140 Å². The smallest absolute Gasteiger partial charge is 0.340 e. The molecule has 0 saturated heterocycles. The van der Waals surface area contributed by atoms with Crippen LogP contribution in [0.15, 0.2) is 52.6 Å². The number of benzene rings is 1. The molecule has 4 heteroatoms. The van der Waals surface area contributed by atoms with E-state index in [-0.39, 0.29) is 18.0 Å². The van der Waals surface area contributed by atoms with E-state index in [4.69, 9.17) is 9.47 Å². The van der Waals surface area contributed by atoms with Crippen molar-refractivity contribution in [1.29, 1.82) is 0 Å². The van der Waals surface area contributed by atoms with Crippen LogP contribution in [0.5, 0.6) is 0 Å². The second kappa shape index (κ2) is 9.00. The summed E-state index contributed by atoms with van der Waals surface area (Å²) in [6.45, 7) is 7.69. The standard InChI is InChI=1S/C17H21IO3/c1-5-12(2)15(13(3)11-18)21-17(19)16(20-4)14-9-7-6-8-10-14/h5-12,15-16H,1H2,2-4H3/b13-11+/t12-,15-,16-/m1/s1. The van der Waals surface area contributed by atoms with Crippen molar-refractivity contribution in [3.05, 3.63) is 58.2 Å². The minimum atomic E-state index is -0.715. The minimum Gasteiger partial charge on any atom is -0.455 e. The zero-order chi connectivity index (χ0) is 15.8. The molecule has 0 heterocycles. The first kappa shape index (κ1) is 17.9. The average molecular weight is 400 g/mol.